The van der Waals surface area contributed by atoms with Gasteiger partial charge in [-0.1, -0.05) is 17.7 Å². The summed E-state index contributed by atoms with van der Waals surface area (Å²) in [6.07, 6.45) is -4.60. The van der Waals surface area contributed by atoms with Gasteiger partial charge >= 0.3 is 6.18 Å². The highest BCUT2D eigenvalue weighted by atomic mass is 35.5. The second kappa shape index (κ2) is 5.51. The molecule has 4 N–H and O–H groups in total. The lowest BCUT2D eigenvalue weighted by molar-refractivity contribution is -0.141. The number of anilines is 3. The first-order valence-corrected chi connectivity index (χ1v) is 5.72. The van der Waals surface area contributed by atoms with Gasteiger partial charge in [0, 0.05) is 16.8 Å². The third-order valence-corrected chi connectivity index (χ3v) is 2.48. The molecular weight excluding hydrogens is 295 g/mol. The van der Waals surface area contributed by atoms with Crippen LogP contribution in [0.5, 0.6) is 0 Å². The average Bonchev–Trinajstić information content (AvgIpc) is 2.37. The number of halogens is 4. The maximum Gasteiger partial charge on any atom is 0.433 e. The van der Waals surface area contributed by atoms with E-state index in [0.29, 0.717) is 10.7 Å². The maximum atomic E-state index is 12.7. The third kappa shape index (κ3) is 3.49. The summed E-state index contributed by atoms with van der Waals surface area (Å²) in [6.45, 7) is 0. The summed E-state index contributed by atoms with van der Waals surface area (Å²) in [5.41, 5.74) is 1.38. The molecule has 0 aliphatic heterocycles. The van der Waals surface area contributed by atoms with Crippen LogP contribution in [0.2, 0.25) is 5.02 Å². The van der Waals surface area contributed by atoms with E-state index in [1.807, 2.05) is 5.43 Å². The van der Waals surface area contributed by atoms with Crippen LogP contribution in [0.25, 0.3) is 0 Å². The number of nitrogens with one attached hydrogen (secondary N) is 2. The van der Waals surface area contributed by atoms with Crippen molar-refractivity contribution in [2.75, 3.05) is 10.7 Å². The Morgan fingerprint density at radius 3 is 2.50 bits per heavy atom. The van der Waals surface area contributed by atoms with Gasteiger partial charge in [0.15, 0.2) is 5.69 Å². The molecule has 0 radical (unpaired) electrons. The molecule has 0 fully saturated rings. The Bertz CT molecular complexity index is 617. The van der Waals surface area contributed by atoms with E-state index in [1.165, 1.54) is 0 Å². The predicted octanol–water partition coefficient (Wildman–Crippen LogP) is 3.18. The quantitative estimate of drug-likeness (QED) is 0.600. The van der Waals surface area contributed by atoms with Crippen molar-refractivity contribution in [2.24, 2.45) is 5.84 Å². The molecule has 1 aromatic heterocycles. The predicted molar refractivity (Wildman–Crippen MR) is 69.6 cm³/mol. The summed E-state index contributed by atoms with van der Waals surface area (Å²) in [6, 6.07) is 7.25. The first-order chi connectivity index (χ1) is 9.38. The van der Waals surface area contributed by atoms with E-state index in [2.05, 4.69) is 15.3 Å². The molecular formula is C11H9ClF3N5. The summed E-state index contributed by atoms with van der Waals surface area (Å²) in [5.74, 6) is 4.66. The lowest BCUT2D eigenvalue weighted by Crippen LogP contribution is -2.16. The van der Waals surface area contributed by atoms with Crippen molar-refractivity contribution < 1.29 is 13.2 Å². The molecule has 5 nitrogen and oxygen atoms in total. The third-order valence-electron chi connectivity index (χ3n) is 2.24. The van der Waals surface area contributed by atoms with E-state index in [1.54, 1.807) is 24.3 Å². The van der Waals surface area contributed by atoms with Gasteiger partial charge in [-0.2, -0.15) is 18.2 Å². The average molecular weight is 304 g/mol. The van der Waals surface area contributed by atoms with Crippen molar-refractivity contribution >= 4 is 29.1 Å². The summed E-state index contributed by atoms with van der Waals surface area (Å²) < 4.78 is 38.0. The maximum absolute atomic E-state index is 12.7. The van der Waals surface area contributed by atoms with Gasteiger partial charge in [0.05, 0.1) is 0 Å². The van der Waals surface area contributed by atoms with Crippen LogP contribution in [-0.4, -0.2) is 9.97 Å². The Morgan fingerprint density at radius 1 is 1.15 bits per heavy atom. The van der Waals surface area contributed by atoms with Crippen molar-refractivity contribution in [3.05, 3.63) is 41.0 Å². The minimum Gasteiger partial charge on any atom is -0.340 e. The molecule has 2 rings (SSSR count). The molecule has 1 aromatic carbocycles. The molecule has 1 heterocycles. The molecule has 0 aliphatic carbocycles. The number of nitrogens with zero attached hydrogens (tertiary/aromatic N) is 2. The number of hydrogen-bond acceptors (Lipinski definition) is 5. The molecule has 2 aromatic rings. The number of aromatic nitrogens is 2. The first-order valence-electron chi connectivity index (χ1n) is 5.34. The molecule has 9 heteroatoms. The number of benzene rings is 1. The van der Waals surface area contributed by atoms with Crippen LogP contribution >= 0.6 is 11.6 Å². The minimum atomic E-state index is -4.60. The van der Waals surface area contributed by atoms with E-state index >= 15 is 0 Å². The zero-order chi connectivity index (χ0) is 14.8. The number of rotatable bonds is 3. The summed E-state index contributed by atoms with van der Waals surface area (Å²) in [7, 11) is 0. The summed E-state index contributed by atoms with van der Waals surface area (Å²) in [4.78, 5) is 7.03. The highest BCUT2D eigenvalue weighted by Gasteiger charge is 2.33. The normalized spacial score (nSPS) is 11.2. The minimum absolute atomic E-state index is 0.0532. The van der Waals surface area contributed by atoms with Crippen LogP contribution in [-0.2, 0) is 6.18 Å². The molecule has 0 aliphatic rings. The van der Waals surface area contributed by atoms with Gasteiger partial charge in [-0.25, -0.2) is 10.8 Å². The van der Waals surface area contributed by atoms with E-state index in [9.17, 15) is 13.2 Å². The van der Waals surface area contributed by atoms with E-state index < -0.39 is 11.9 Å². The van der Waals surface area contributed by atoms with Crippen molar-refractivity contribution in [1.82, 2.24) is 9.97 Å². The van der Waals surface area contributed by atoms with Crippen LogP contribution < -0.4 is 16.6 Å². The van der Waals surface area contributed by atoms with Gasteiger partial charge in [0.1, 0.15) is 5.82 Å². The molecule has 0 unspecified atom stereocenters. The van der Waals surface area contributed by atoms with Crippen LogP contribution in [0.1, 0.15) is 5.69 Å². The van der Waals surface area contributed by atoms with E-state index in [4.69, 9.17) is 17.4 Å². The van der Waals surface area contributed by atoms with Gasteiger partial charge in [-0.15, -0.1) is 0 Å². The van der Waals surface area contributed by atoms with Crippen LogP contribution in [0, 0.1) is 0 Å². The second-order valence-electron chi connectivity index (χ2n) is 3.74. The van der Waals surface area contributed by atoms with Crippen LogP contribution in [0.4, 0.5) is 30.6 Å². The largest absolute Gasteiger partial charge is 0.433 e. The Balaban J connectivity index is 2.36. The number of hydrazine groups is 1. The van der Waals surface area contributed by atoms with E-state index in [0.717, 1.165) is 6.07 Å². The molecule has 0 saturated carbocycles. The second-order valence-corrected chi connectivity index (χ2v) is 4.18. The Labute approximate surface area is 117 Å². The van der Waals surface area contributed by atoms with E-state index in [-0.39, 0.29) is 11.8 Å². The molecule has 0 atom stereocenters. The molecule has 0 saturated heterocycles. The fourth-order valence-corrected chi connectivity index (χ4v) is 1.63. The van der Waals surface area contributed by atoms with Crippen molar-refractivity contribution in [1.29, 1.82) is 0 Å². The smallest absolute Gasteiger partial charge is 0.340 e. The lowest BCUT2D eigenvalue weighted by Gasteiger charge is -2.11. The van der Waals surface area contributed by atoms with Gasteiger partial charge < -0.3 is 5.32 Å². The molecule has 20 heavy (non-hydrogen) atoms. The SMILES string of the molecule is NNc1nc(Nc2cccc(Cl)c2)cc(C(F)(F)F)n1. The summed E-state index contributed by atoms with van der Waals surface area (Å²) >= 11 is 5.79. The Morgan fingerprint density at radius 2 is 1.90 bits per heavy atom. The molecule has 106 valence electrons. The van der Waals surface area contributed by atoms with Crippen molar-refractivity contribution in [3.8, 4) is 0 Å². The standard InChI is InChI=1S/C11H9ClF3N5/c12-6-2-1-3-7(4-6)17-9-5-8(11(13,14)15)18-10(19-9)20-16/h1-5H,16H2,(H2,17,18,19,20). The van der Waals surface area contributed by atoms with Gasteiger partial charge in [-0.3, -0.25) is 5.43 Å². The number of hydrogen-bond donors (Lipinski definition) is 3. The molecule has 0 bridgehead atoms. The number of nitrogens with two attached hydrogens (primary N) is 1. The van der Waals surface area contributed by atoms with Gasteiger partial charge in [0.25, 0.3) is 0 Å². The zero-order valence-corrected chi connectivity index (χ0v) is 10.6. The zero-order valence-electron chi connectivity index (χ0n) is 9.87. The van der Waals surface area contributed by atoms with Gasteiger partial charge in [-0.05, 0) is 18.2 Å². The molecule has 0 spiro atoms. The van der Waals surface area contributed by atoms with Crippen LogP contribution in [0.15, 0.2) is 30.3 Å². The highest BCUT2D eigenvalue weighted by Crippen LogP contribution is 2.30. The fraction of sp³-hybridized carbons (Fsp3) is 0.0909. The fourth-order valence-electron chi connectivity index (χ4n) is 1.44. The van der Waals surface area contributed by atoms with Crippen molar-refractivity contribution in [3.63, 3.8) is 0 Å². The number of nitrogen functional groups attached to an aromatic ring is 1. The number of alkyl halides is 3. The first kappa shape index (κ1) is 14.4. The topological polar surface area (TPSA) is 75.9 Å². The van der Waals surface area contributed by atoms with Gasteiger partial charge in [0.2, 0.25) is 5.95 Å². The summed E-state index contributed by atoms with van der Waals surface area (Å²) in [5, 5.41) is 3.14. The Hall–Kier alpha value is -2.06. The monoisotopic (exact) mass is 303 g/mol. The molecule has 0 amide bonds. The van der Waals surface area contributed by atoms with Crippen LogP contribution in [0.3, 0.4) is 0 Å². The highest BCUT2D eigenvalue weighted by molar-refractivity contribution is 6.30. The van der Waals surface area contributed by atoms with Crippen molar-refractivity contribution in [2.45, 2.75) is 6.18 Å². The lowest BCUT2D eigenvalue weighted by atomic mass is 10.3. The Kier molecular flexibility index (Phi) is 3.96.